The van der Waals surface area contributed by atoms with Crippen LogP contribution in [0.5, 0.6) is 0 Å². The summed E-state index contributed by atoms with van der Waals surface area (Å²) in [5.41, 5.74) is 15.3. The van der Waals surface area contributed by atoms with Crippen LogP contribution in [0.4, 0.5) is 0 Å². The molecule has 0 fully saturated rings. The smallest absolute Gasteiger partial charge is 0.0893 e. The highest BCUT2D eigenvalue weighted by Gasteiger charge is 2.12. The summed E-state index contributed by atoms with van der Waals surface area (Å²) in [4.78, 5) is 24.1. The van der Waals surface area contributed by atoms with Gasteiger partial charge in [0.25, 0.3) is 0 Å². The summed E-state index contributed by atoms with van der Waals surface area (Å²) in [5.74, 6) is 0. The van der Waals surface area contributed by atoms with E-state index in [4.69, 9.17) is 15.0 Å². The van der Waals surface area contributed by atoms with Crippen LogP contribution in [0.1, 0.15) is 5.69 Å². The van der Waals surface area contributed by atoms with Gasteiger partial charge >= 0.3 is 0 Å². The van der Waals surface area contributed by atoms with Gasteiger partial charge in [-0.2, -0.15) is 0 Å². The minimum Gasteiger partial charge on any atom is -0.679 e. The van der Waals surface area contributed by atoms with Crippen molar-refractivity contribution in [2.45, 2.75) is 0 Å². The van der Waals surface area contributed by atoms with Crippen LogP contribution >= 0.6 is 0 Å². The van der Waals surface area contributed by atoms with Gasteiger partial charge in [-0.1, -0.05) is 109 Å². The fourth-order valence-electron chi connectivity index (χ4n) is 6.56. The summed E-state index contributed by atoms with van der Waals surface area (Å²) < 4.78 is 0. The van der Waals surface area contributed by atoms with Crippen LogP contribution in [0.15, 0.2) is 188 Å². The molecule has 0 saturated heterocycles. The lowest BCUT2D eigenvalue weighted by atomic mass is 9.97. The molecule has 6 heterocycles. The maximum absolute atomic E-state index is 5.22. The molecule has 5 aromatic heterocycles. The molecule has 1 aliphatic rings. The lowest BCUT2D eigenvalue weighted by Crippen LogP contribution is -1.95. The zero-order chi connectivity index (χ0) is 36.1. The van der Waals surface area contributed by atoms with E-state index in [-0.39, 0.29) is 0 Å². The van der Waals surface area contributed by atoms with Crippen LogP contribution in [0, 0.1) is 0 Å². The van der Waals surface area contributed by atoms with Gasteiger partial charge in [-0.05, 0) is 71.8 Å². The van der Waals surface area contributed by atoms with Crippen molar-refractivity contribution in [3.8, 4) is 78.8 Å². The normalized spacial score (nSPS) is 12.2. The highest BCUT2D eigenvalue weighted by molar-refractivity contribution is 5.80. The van der Waals surface area contributed by atoms with E-state index in [9.17, 15) is 0 Å². The van der Waals surface area contributed by atoms with E-state index in [1.54, 1.807) is 6.20 Å². The first kappa shape index (κ1) is 32.6. The van der Waals surface area contributed by atoms with Crippen LogP contribution in [0.3, 0.4) is 0 Å². The predicted molar refractivity (Wildman–Crippen MR) is 219 cm³/mol. The van der Waals surface area contributed by atoms with Crippen LogP contribution in [0.25, 0.3) is 89.8 Å². The molecule has 0 unspecified atom stereocenters. The van der Waals surface area contributed by atoms with Crippen molar-refractivity contribution in [3.63, 3.8) is 0 Å². The quantitative estimate of drug-likeness (QED) is 0.158. The Balaban J connectivity index is 1.06. The van der Waals surface area contributed by atoms with Crippen molar-refractivity contribution in [2.24, 2.45) is 0 Å². The fourth-order valence-corrected chi connectivity index (χ4v) is 6.56. The number of hydrogen-bond acceptors (Lipinski definition) is 5. The van der Waals surface area contributed by atoms with E-state index in [0.717, 1.165) is 90.2 Å². The number of hydrogen-bond donors (Lipinski definition) is 0. The highest BCUT2D eigenvalue weighted by Crippen LogP contribution is 2.34. The molecule has 0 aliphatic carbocycles. The zero-order valence-electron chi connectivity index (χ0n) is 29.3. The Hall–Kier alpha value is -7.31. The lowest BCUT2D eigenvalue weighted by molar-refractivity contribution is 1.25. The van der Waals surface area contributed by atoms with Crippen LogP contribution in [-0.4, -0.2) is 31.5 Å². The third-order valence-corrected chi connectivity index (χ3v) is 9.40. The standard InChI is InChI=1S/C48H33N6/c1-4-28-49-40(9-1)34-18-16-33(17-19-34)39-31-47(37-24-20-35(21-25-37)41-12-7-14-45(52-41)43-10-2-5-29-50-43)54-48(32-39)38-26-22-36(23-27-38)42-13-8-15-46(53-42)44-11-3-6-30-51-44/h1-29,31-32H,30H2/q-1. The maximum atomic E-state index is 5.22. The summed E-state index contributed by atoms with van der Waals surface area (Å²) in [6.45, 7) is 0.677. The van der Waals surface area contributed by atoms with E-state index < -0.39 is 0 Å². The van der Waals surface area contributed by atoms with Crippen molar-refractivity contribution in [1.82, 2.24) is 24.9 Å². The molecule has 0 amide bonds. The van der Waals surface area contributed by atoms with E-state index in [2.05, 4.69) is 100 Å². The number of allylic oxidation sites excluding steroid dienone is 2. The first-order valence-corrected chi connectivity index (χ1v) is 17.9. The van der Waals surface area contributed by atoms with Crippen molar-refractivity contribution < 1.29 is 0 Å². The first-order valence-electron chi connectivity index (χ1n) is 17.9. The number of benzene rings is 3. The molecule has 0 bridgehead atoms. The first-order chi connectivity index (χ1) is 26.7. The van der Waals surface area contributed by atoms with Crippen LogP contribution in [0.2, 0.25) is 0 Å². The highest BCUT2D eigenvalue weighted by atomic mass is 14.9. The zero-order valence-corrected chi connectivity index (χ0v) is 29.3. The van der Waals surface area contributed by atoms with Gasteiger partial charge in [0.1, 0.15) is 0 Å². The van der Waals surface area contributed by atoms with Gasteiger partial charge < -0.3 is 5.32 Å². The summed E-state index contributed by atoms with van der Waals surface area (Å²) in [5, 5.41) is 4.60. The molecule has 9 rings (SSSR count). The second-order valence-electron chi connectivity index (χ2n) is 12.9. The molecule has 6 heteroatoms. The average Bonchev–Trinajstić information content (AvgIpc) is 3.27. The fraction of sp³-hybridized carbons (Fsp3) is 0.0208. The Kier molecular flexibility index (Phi) is 8.89. The number of pyridine rings is 5. The number of aromatic nitrogens is 5. The Morgan fingerprint density at radius 2 is 0.796 bits per heavy atom. The van der Waals surface area contributed by atoms with Gasteiger partial charge in [-0.3, -0.25) is 9.97 Å². The molecule has 0 saturated carbocycles. The van der Waals surface area contributed by atoms with Crippen molar-refractivity contribution >= 4 is 5.70 Å². The van der Waals surface area contributed by atoms with Crippen molar-refractivity contribution in [1.29, 1.82) is 0 Å². The summed E-state index contributed by atoms with van der Waals surface area (Å²) in [6, 6.07) is 53.8. The predicted octanol–water partition coefficient (Wildman–Crippen LogP) is 11.6. The van der Waals surface area contributed by atoms with E-state index in [0.29, 0.717) is 6.54 Å². The van der Waals surface area contributed by atoms with E-state index >= 15 is 0 Å². The van der Waals surface area contributed by atoms with E-state index in [1.165, 1.54) is 0 Å². The second-order valence-corrected chi connectivity index (χ2v) is 12.9. The lowest BCUT2D eigenvalue weighted by Gasteiger charge is -2.25. The van der Waals surface area contributed by atoms with Gasteiger partial charge in [0, 0.05) is 45.9 Å². The maximum Gasteiger partial charge on any atom is 0.0893 e. The molecule has 8 aromatic rings. The summed E-state index contributed by atoms with van der Waals surface area (Å²) >= 11 is 0. The van der Waals surface area contributed by atoms with E-state index in [1.807, 2.05) is 97.2 Å². The van der Waals surface area contributed by atoms with Crippen molar-refractivity contribution in [2.75, 3.05) is 6.54 Å². The number of rotatable bonds is 8. The molecule has 3 aromatic carbocycles. The molecule has 0 atom stereocenters. The van der Waals surface area contributed by atoms with Crippen molar-refractivity contribution in [3.05, 3.63) is 199 Å². The Labute approximate surface area is 314 Å². The molecule has 54 heavy (non-hydrogen) atoms. The third-order valence-electron chi connectivity index (χ3n) is 9.40. The molecular formula is C48H33N6-. The molecule has 0 spiro atoms. The van der Waals surface area contributed by atoms with Crippen LogP contribution < -0.4 is 0 Å². The minimum atomic E-state index is 0.677. The Bertz CT molecular complexity index is 2610. The Morgan fingerprint density at radius 3 is 1.33 bits per heavy atom. The summed E-state index contributed by atoms with van der Waals surface area (Å²) in [7, 11) is 0. The Morgan fingerprint density at radius 1 is 0.352 bits per heavy atom. The average molecular weight is 694 g/mol. The van der Waals surface area contributed by atoms with Crippen LogP contribution in [-0.2, 0) is 0 Å². The molecular weight excluding hydrogens is 661 g/mol. The molecule has 256 valence electrons. The monoisotopic (exact) mass is 693 g/mol. The van der Waals surface area contributed by atoms with Gasteiger partial charge in [0.15, 0.2) is 0 Å². The molecule has 0 radical (unpaired) electrons. The summed E-state index contributed by atoms with van der Waals surface area (Å²) in [6.07, 6.45) is 9.69. The molecule has 0 N–H and O–H groups in total. The van der Waals surface area contributed by atoms with Gasteiger partial charge in [-0.25, -0.2) is 15.0 Å². The van der Waals surface area contributed by atoms with Gasteiger partial charge in [0.2, 0.25) is 0 Å². The van der Waals surface area contributed by atoms with Gasteiger partial charge in [0.05, 0.1) is 39.9 Å². The molecule has 6 nitrogen and oxygen atoms in total. The largest absolute Gasteiger partial charge is 0.679 e. The third kappa shape index (κ3) is 6.96. The second kappa shape index (κ2) is 14.7. The topological polar surface area (TPSA) is 78.5 Å². The SMILES string of the molecule is C1=CC[N-]C(c2cccc(-c3ccc(-c4cc(-c5ccc(-c6ccccn6)cc5)cc(-c5ccc(-c6cccc(-c7ccccn7)n6)cc5)n4)cc3)n2)=C1. The minimum absolute atomic E-state index is 0.677. The number of nitrogens with zero attached hydrogens (tertiary/aromatic N) is 6. The van der Waals surface area contributed by atoms with Gasteiger partial charge in [-0.15, -0.1) is 18.3 Å². The molecule has 1 aliphatic heterocycles.